The van der Waals surface area contributed by atoms with E-state index in [1.165, 1.54) is 18.2 Å². The Morgan fingerprint density at radius 1 is 1.45 bits per heavy atom. The summed E-state index contributed by atoms with van der Waals surface area (Å²) in [6.45, 7) is 3.29. The number of tetrazole rings is 1. The summed E-state index contributed by atoms with van der Waals surface area (Å²) in [4.78, 5) is 0.0874. The molecule has 2 N–H and O–H groups in total. The van der Waals surface area contributed by atoms with E-state index in [4.69, 9.17) is 5.26 Å². The number of nitriles is 1. The summed E-state index contributed by atoms with van der Waals surface area (Å²) in [5.41, 5.74) is 1.04. The molecule has 0 spiro atoms. The Balaban J connectivity index is 2.27. The minimum atomic E-state index is -3.71. The number of hydrogen-bond acceptors (Lipinski definition) is 6. The molecule has 1 heterocycles. The Morgan fingerprint density at radius 3 is 2.75 bits per heavy atom. The van der Waals surface area contributed by atoms with Gasteiger partial charge < -0.3 is 0 Å². The van der Waals surface area contributed by atoms with Gasteiger partial charge in [0.15, 0.2) is 5.82 Å². The molecule has 0 aliphatic carbocycles. The van der Waals surface area contributed by atoms with Gasteiger partial charge in [0.1, 0.15) is 0 Å². The van der Waals surface area contributed by atoms with Gasteiger partial charge in [0.05, 0.1) is 22.6 Å². The number of H-pyrrole nitrogens is 1. The second kappa shape index (κ2) is 5.36. The number of nitrogens with one attached hydrogen (secondary N) is 2. The lowest BCUT2D eigenvalue weighted by atomic mass is 10.1. The zero-order valence-electron chi connectivity index (χ0n) is 10.8. The third-order valence-corrected chi connectivity index (χ3v) is 4.25. The minimum absolute atomic E-state index is 0.0874. The fourth-order valence-corrected chi connectivity index (χ4v) is 2.92. The average molecular weight is 292 g/mol. The van der Waals surface area contributed by atoms with Crippen LogP contribution in [0.25, 0.3) is 0 Å². The van der Waals surface area contributed by atoms with Crippen LogP contribution in [-0.4, -0.2) is 29.0 Å². The highest BCUT2D eigenvalue weighted by atomic mass is 32.2. The highest BCUT2D eigenvalue weighted by Gasteiger charge is 2.21. The van der Waals surface area contributed by atoms with Gasteiger partial charge in [0, 0.05) is 0 Å². The van der Waals surface area contributed by atoms with Crippen molar-refractivity contribution in [3.8, 4) is 6.07 Å². The molecule has 1 unspecified atom stereocenters. The Labute approximate surface area is 115 Å². The summed E-state index contributed by atoms with van der Waals surface area (Å²) < 4.78 is 26.9. The van der Waals surface area contributed by atoms with Gasteiger partial charge in [-0.3, -0.25) is 0 Å². The van der Waals surface area contributed by atoms with E-state index in [2.05, 4.69) is 25.3 Å². The second-order valence-electron chi connectivity index (χ2n) is 4.20. The van der Waals surface area contributed by atoms with Gasteiger partial charge in [0.25, 0.3) is 0 Å². The van der Waals surface area contributed by atoms with Crippen molar-refractivity contribution >= 4 is 10.0 Å². The van der Waals surface area contributed by atoms with Gasteiger partial charge >= 0.3 is 0 Å². The van der Waals surface area contributed by atoms with Crippen molar-refractivity contribution in [1.82, 2.24) is 25.3 Å². The lowest BCUT2D eigenvalue weighted by Gasteiger charge is -2.11. The highest BCUT2D eigenvalue weighted by molar-refractivity contribution is 7.89. The normalized spacial score (nSPS) is 12.8. The standard InChI is InChI=1S/C11H12N6O2S/c1-7-5-10(4-3-9(7)6-12)20(18,19)15-8(2)11-13-16-17-14-11/h3-5,8,15H,1-2H3,(H,13,14,16,17). The van der Waals surface area contributed by atoms with Gasteiger partial charge in [-0.15, -0.1) is 10.2 Å². The summed E-state index contributed by atoms with van der Waals surface area (Å²) in [5.74, 6) is 0.249. The fraction of sp³-hybridized carbons (Fsp3) is 0.273. The van der Waals surface area contributed by atoms with E-state index in [1.807, 2.05) is 6.07 Å². The average Bonchev–Trinajstić information content (AvgIpc) is 2.92. The van der Waals surface area contributed by atoms with Crippen LogP contribution >= 0.6 is 0 Å². The molecule has 104 valence electrons. The Bertz CT molecular complexity index is 748. The predicted octanol–water partition coefficient (Wildman–Crippen LogP) is 0.419. The lowest BCUT2D eigenvalue weighted by molar-refractivity contribution is 0.560. The van der Waals surface area contributed by atoms with Gasteiger partial charge in [-0.25, -0.2) is 13.1 Å². The third kappa shape index (κ3) is 2.81. The van der Waals surface area contributed by atoms with Crippen LogP contribution < -0.4 is 4.72 Å². The summed E-state index contributed by atoms with van der Waals surface area (Å²) >= 11 is 0. The largest absolute Gasteiger partial charge is 0.241 e. The maximum Gasteiger partial charge on any atom is 0.241 e. The van der Waals surface area contributed by atoms with Crippen molar-refractivity contribution in [2.24, 2.45) is 0 Å². The molecule has 0 aliphatic rings. The van der Waals surface area contributed by atoms with E-state index < -0.39 is 16.1 Å². The molecule has 0 radical (unpaired) electrons. The molecule has 0 saturated carbocycles. The lowest BCUT2D eigenvalue weighted by Crippen LogP contribution is -2.27. The van der Waals surface area contributed by atoms with Crippen LogP contribution in [0.5, 0.6) is 0 Å². The van der Waals surface area contributed by atoms with E-state index in [0.29, 0.717) is 11.1 Å². The first-order valence-corrected chi connectivity index (χ1v) is 7.19. The number of aromatic amines is 1. The number of aryl methyl sites for hydroxylation is 1. The van der Waals surface area contributed by atoms with Crippen LogP contribution in [0.1, 0.15) is 29.9 Å². The van der Waals surface area contributed by atoms with Crippen molar-refractivity contribution in [3.63, 3.8) is 0 Å². The number of rotatable bonds is 4. The molecule has 8 nitrogen and oxygen atoms in total. The topological polar surface area (TPSA) is 124 Å². The Morgan fingerprint density at radius 2 is 2.20 bits per heavy atom. The third-order valence-electron chi connectivity index (χ3n) is 2.71. The van der Waals surface area contributed by atoms with Crippen LogP contribution in [0, 0.1) is 18.3 Å². The summed E-state index contributed by atoms with van der Waals surface area (Å²) in [6.07, 6.45) is 0. The molecule has 2 rings (SSSR count). The van der Waals surface area contributed by atoms with Crippen LogP contribution in [0.15, 0.2) is 23.1 Å². The minimum Gasteiger partial charge on any atom is -0.207 e. The summed E-state index contributed by atoms with van der Waals surface area (Å²) in [7, 11) is -3.71. The molecule has 1 aromatic heterocycles. The van der Waals surface area contributed by atoms with E-state index >= 15 is 0 Å². The summed E-state index contributed by atoms with van der Waals surface area (Å²) in [6, 6.07) is 5.68. The first-order chi connectivity index (χ1) is 9.44. The first kappa shape index (κ1) is 14.1. The number of sulfonamides is 1. The smallest absolute Gasteiger partial charge is 0.207 e. The zero-order valence-corrected chi connectivity index (χ0v) is 11.6. The van der Waals surface area contributed by atoms with Crippen LogP contribution in [0.3, 0.4) is 0 Å². The molecule has 0 saturated heterocycles. The van der Waals surface area contributed by atoms with Crippen molar-refractivity contribution in [3.05, 3.63) is 35.2 Å². The SMILES string of the molecule is Cc1cc(S(=O)(=O)NC(C)c2nn[nH]n2)ccc1C#N. The zero-order chi connectivity index (χ0) is 14.8. The molecule has 9 heteroatoms. The molecule has 0 aliphatic heterocycles. The maximum atomic E-state index is 12.2. The molecular formula is C11H12N6O2S. The monoisotopic (exact) mass is 292 g/mol. The van der Waals surface area contributed by atoms with Crippen molar-refractivity contribution in [2.45, 2.75) is 24.8 Å². The molecule has 0 amide bonds. The summed E-state index contributed by atoms with van der Waals surface area (Å²) in [5, 5.41) is 21.9. The fourth-order valence-electron chi connectivity index (χ4n) is 1.64. The molecule has 0 bridgehead atoms. The Kier molecular flexibility index (Phi) is 3.78. The highest BCUT2D eigenvalue weighted by Crippen LogP contribution is 2.17. The van der Waals surface area contributed by atoms with Crippen molar-refractivity contribution in [1.29, 1.82) is 5.26 Å². The Hall–Kier alpha value is -2.31. The van der Waals surface area contributed by atoms with E-state index in [0.717, 1.165) is 0 Å². The van der Waals surface area contributed by atoms with E-state index in [9.17, 15) is 8.42 Å². The molecule has 1 atom stereocenters. The number of benzene rings is 1. The van der Waals surface area contributed by atoms with Crippen LogP contribution in [0.4, 0.5) is 0 Å². The number of nitrogens with zero attached hydrogens (tertiary/aromatic N) is 4. The van der Waals surface area contributed by atoms with E-state index in [1.54, 1.807) is 13.8 Å². The molecule has 1 aromatic carbocycles. The number of hydrogen-bond donors (Lipinski definition) is 2. The molecular weight excluding hydrogens is 280 g/mol. The number of aromatic nitrogens is 4. The predicted molar refractivity (Wildman–Crippen MR) is 68.8 cm³/mol. The maximum absolute atomic E-state index is 12.2. The molecule has 2 aromatic rings. The molecule has 0 fully saturated rings. The van der Waals surface area contributed by atoms with Crippen LogP contribution in [-0.2, 0) is 10.0 Å². The van der Waals surface area contributed by atoms with E-state index in [-0.39, 0.29) is 10.7 Å². The van der Waals surface area contributed by atoms with Crippen molar-refractivity contribution in [2.75, 3.05) is 0 Å². The van der Waals surface area contributed by atoms with Gasteiger partial charge in [-0.05, 0) is 37.6 Å². The first-order valence-electron chi connectivity index (χ1n) is 5.70. The van der Waals surface area contributed by atoms with Gasteiger partial charge in [-0.1, -0.05) is 5.21 Å². The quantitative estimate of drug-likeness (QED) is 0.841. The molecule has 20 heavy (non-hydrogen) atoms. The van der Waals surface area contributed by atoms with Gasteiger partial charge in [-0.2, -0.15) is 10.5 Å². The van der Waals surface area contributed by atoms with Crippen LogP contribution in [0.2, 0.25) is 0 Å². The van der Waals surface area contributed by atoms with Crippen molar-refractivity contribution < 1.29 is 8.42 Å². The second-order valence-corrected chi connectivity index (χ2v) is 5.92. The van der Waals surface area contributed by atoms with Gasteiger partial charge in [0.2, 0.25) is 10.0 Å².